The highest BCUT2D eigenvalue weighted by molar-refractivity contribution is 5.91. The maximum absolute atomic E-state index is 12.2. The van der Waals surface area contributed by atoms with Gasteiger partial charge in [-0.15, -0.1) is 0 Å². The van der Waals surface area contributed by atoms with Crippen LogP contribution >= 0.6 is 0 Å². The summed E-state index contributed by atoms with van der Waals surface area (Å²) >= 11 is 0. The average Bonchev–Trinajstić information content (AvgIpc) is 3.28. The van der Waals surface area contributed by atoms with E-state index < -0.39 is 0 Å². The minimum absolute atomic E-state index is 0.101. The van der Waals surface area contributed by atoms with Crippen LogP contribution in [0.3, 0.4) is 0 Å². The molecule has 1 N–H and O–H groups in total. The third-order valence-corrected chi connectivity index (χ3v) is 6.96. The van der Waals surface area contributed by atoms with E-state index in [9.17, 15) is 4.79 Å². The Morgan fingerprint density at radius 2 is 2.04 bits per heavy atom. The van der Waals surface area contributed by atoms with E-state index in [0.29, 0.717) is 11.8 Å². The number of carbonyl (C=O) groups is 1. The molecule has 0 radical (unpaired) electrons. The van der Waals surface area contributed by atoms with Gasteiger partial charge >= 0.3 is 0 Å². The highest BCUT2D eigenvalue weighted by Gasteiger charge is 2.40. The molecule has 5 nitrogen and oxygen atoms in total. The van der Waals surface area contributed by atoms with E-state index in [-0.39, 0.29) is 5.91 Å². The fraction of sp³-hybridized carbons (Fsp3) is 0.522. The van der Waals surface area contributed by atoms with Crippen LogP contribution in [-0.4, -0.2) is 54.5 Å². The van der Waals surface area contributed by atoms with Crippen LogP contribution in [0, 0.1) is 11.8 Å². The van der Waals surface area contributed by atoms with Crippen LogP contribution in [0.1, 0.15) is 34.5 Å². The van der Waals surface area contributed by atoms with Gasteiger partial charge in [-0.05, 0) is 60.9 Å². The van der Waals surface area contributed by atoms with Gasteiger partial charge in [-0.25, -0.2) is 0 Å². The Morgan fingerprint density at radius 1 is 1.14 bits per heavy atom. The number of amides is 1. The second-order valence-corrected chi connectivity index (χ2v) is 8.63. The molecule has 3 saturated heterocycles. The molecule has 4 aliphatic rings. The van der Waals surface area contributed by atoms with E-state index in [1.54, 1.807) is 18.4 Å². The van der Waals surface area contributed by atoms with E-state index in [2.05, 4.69) is 39.4 Å². The third-order valence-electron chi connectivity index (χ3n) is 6.96. The maximum Gasteiger partial charge on any atom is 0.287 e. The van der Waals surface area contributed by atoms with Crippen LogP contribution in [0.25, 0.3) is 0 Å². The van der Waals surface area contributed by atoms with E-state index in [1.165, 1.54) is 56.6 Å². The summed E-state index contributed by atoms with van der Waals surface area (Å²) in [4.78, 5) is 17.4. The molecule has 2 aromatic rings. The Kier molecular flexibility index (Phi) is 4.95. The monoisotopic (exact) mass is 379 g/mol. The average molecular weight is 380 g/mol. The first-order chi connectivity index (χ1) is 13.8. The summed E-state index contributed by atoms with van der Waals surface area (Å²) in [7, 11) is 0. The van der Waals surface area contributed by atoms with Crippen molar-refractivity contribution in [2.45, 2.75) is 31.8 Å². The number of nitrogens with zero attached hydrogens (tertiary/aromatic N) is 2. The van der Waals surface area contributed by atoms with Gasteiger partial charge < -0.3 is 9.73 Å². The van der Waals surface area contributed by atoms with Gasteiger partial charge in [0, 0.05) is 38.8 Å². The zero-order valence-electron chi connectivity index (χ0n) is 16.3. The lowest BCUT2D eigenvalue weighted by molar-refractivity contribution is -0.0131. The molecule has 4 unspecified atom stereocenters. The summed E-state index contributed by atoms with van der Waals surface area (Å²) in [6.07, 6.45) is 5.23. The molecule has 1 amide bonds. The smallest absolute Gasteiger partial charge is 0.287 e. The van der Waals surface area contributed by atoms with Crippen molar-refractivity contribution in [1.29, 1.82) is 0 Å². The van der Waals surface area contributed by atoms with Gasteiger partial charge in [-0.3, -0.25) is 14.6 Å². The molecule has 3 fully saturated rings. The van der Waals surface area contributed by atoms with Gasteiger partial charge in [-0.2, -0.15) is 0 Å². The topological polar surface area (TPSA) is 48.7 Å². The normalized spacial score (nSPS) is 29.4. The van der Waals surface area contributed by atoms with Gasteiger partial charge in [0.05, 0.1) is 6.26 Å². The SMILES string of the molecule is O=C(NCC1CC2CCN1CC2CN1CCc2ccccc2C1)c1ccco1. The number of benzene rings is 1. The van der Waals surface area contributed by atoms with Crippen LogP contribution in [0.2, 0.25) is 0 Å². The standard InChI is InChI=1S/C23H29N3O2/c27-23(22-6-3-11-28-22)24-13-21-12-18-8-10-26(21)16-20(18)15-25-9-7-17-4-1-2-5-19(17)14-25/h1-6,11,18,20-21H,7-10,12-16H2,(H,24,27). The number of hydrogen-bond acceptors (Lipinski definition) is 4. The Bertz CT molecular complexity index is 819. The molecule has 28 heavy (non-hydrogen) atoms. The summed E-state index contributed by atoms with van der Waals surface area (Å²) in [6, 6.07) is 12.8. The highest BCUT2D eigenvalue weighted by Crippen LogP contribution is 2.37. The van der Waals surface area contributed by atoms with E-state index in [0.717, 1.165) is 24.9 Å². The molecule has 1 aromatic heterocycles. The number of hydrogen-bond donors (Lipinski definition) is 1. The van der Waals surface area contributed by atoms with Gasteiger partial charge in [-0.1, -0.05) is 24.3 Å². The minimum atomic E-state index is -0.101. The van der Waals surface area contributed by atoms with Gasteiger partial charge in [0.2, 0.25) is 0 Å². The molecule has 148 valence electrons. The van der Waals surface area contributed by atoms with Crippen molar-refractivity contribution in [3.05, 3.63) is 59.5 Å². The summed E-state index contributed by atoms with van der Waals surface area (Å²) in [5.74, 6) is 1.85. The van der Waals surface area contributed by atoms with Crippen molar-refractivity contribution < 1.29 is 9.21 Å². The first-order valence-electron chi connectivity index (χ1n) is 10.6. The predicted molar refractivity (Wildman–Crippen MR) is 108 cm³/mol. The van der Waals surface area contributed by atoms with E-state index in [4.69, 9.17) is 4.42 Å². The maximum atomic E-state index is 12.2. The first-order valence-corrected chi connectivity index (χ1v) is 10.6. The van der Waals surface area contributed by atoms with Crippen molar-refractivity contribution in [2.75, 3.05) is 32.7 Å². The molecule has 4 aliphatic heterocycles. The minimum Gasteiger partial charge on any atom is -0.459 e. The van der Waals surface area contributed by atoms with Crippen molar-refractivity contribution in [2.24, 2.45) is 11.8 Å². The molecular weight excluding hydrogens is 350 g/mol. The summed E-state index contributed by atoms with van der Waals surface area (Å²) < 4.78 is 5.19. The number of carbonyl (C=O) groups excluding carboxylic acids is 1. The Labute approximate surface area is 166 Å². The Morgan fingerprint density at radius 3 is 2.82 bits per heavy atom. The van der Waals surface area contributed by atoms with Crippen molar-refractivity contribution in [3.8, 4) is 0 Å². The first kappa shape index (κ1) is 18.0. The van der Waals surface area contributed by atoms with Crippen molar-refractivity contribution in [1.82, 2.24) is 15.1 Å². The van der Waals surface area contributed by atoms with Gasteiger partial charge in [0.15, 0.2) is 5.76 Å². The predicted octanol–water partition coefficient (Wildman–Crippen LogP) is 2.78. The zero-order chi connectivity index (χ0) is 18.9. The van der Waals surface area contributed by atoms with Gasteiger partial charge in [0.1, 0.15) is 0 Å². The number of fused-ring (bicyclic) bond motifs is 4. The van der Waals surface area contributed by atoms with E-state index in [1.807, 2.05) is 0 Å². The fourth-order valence-electron chi connectivity index (χ4n) is 5.42. The fourth-order valence-corrected chi connectivity index (χ4v) is 5.42. The molecular formula is C23H29N3O2. The number of furan rings is 1. The summed E-state index contributed by atoms with van der Waals surface area (Å²) in [5, 5.41) is 3.06. The molecule has 4 atom stereocenters. The molecule has 5 heteroatoms. The molecule has 2 bridgehead atoms. The lowest BCUT2D eigenvalue weighted by atomic mass is 9.75. The van der Waals surface area contributed by atoms with Crippen molar-refractivity contribution >= 4 is 5.91 Å². The highest BCUT2D eigenvalue weighted by atomic mass is 16.3. The third kappa shape index (κ3) is 3.61. The van der Waals surface area contributed by atoms with E-state index >= 15 is 0 Å². The van der Waals surface area contributed by atoms with Crippen molar-refractivity contribution in [3.63, 3.8) is 0 Å². The molecule has 5 heterocycles. The summed E-state index contributed by atoms with van der Waals surface area (Å²) in [6.45, 7) is 6.56. The molecule has 0 spiro atoms. The number of nitrogens with one attached hydrogen (secondary N) is 1. The second kappa shape index (κ2) is 7.72. The van der Waals surface area contributed by atoms with Crippen LogP contribution in [0.4, 0.5) is 0 Å². The number of piperidine rings is 3. The molecule has 6 rings (SSSR count). The quantitative estimate of drug-likeness (QED) is 0.868. The van der Waals surface area contributed by atoms with Crippen LogP contribution in [-0.2, 0) is 13.0 Å². The molecule has 1 aromatic carbocycles. The second-order valence-electron chi connectivity index (χ2n) is 8.63. The van der Waals surface area contributed by atoms with Crippen LogP contribution in [0.5, 0.6) is 0 Å². The largest absolute Gasteiger partial charge is 0.459 e. The van der Waals surface area contributed by atoms with Crippen LogP contribution in [0.15, 0.2) is 47.1 Å². The molecule has 0 aliphatic carbocycles. The van der Waals surface area contributed by atoms with Gasteiger partial charge in [0.25, 0.3) is 5.91 Å². The van der Waals surface area contributed by atoms with Crippen LogP contribution < -0.4 is 5.32 Å². The Hall–Kier alpha value is -2.11. The number of rotatable bonds is 5. The lowest BCUT2D eigenvalue weighted by Crippen LogP contribution is -2.58. The summed E-state index contributed by atoms with van der Waals surface area (Å²) in [5.41, 5.74) is 3.04. The lowest BCUT2D eigenvalue weighted by Gasteiger charge is -2.51. The molecule has 0 saturated carbocycles. The Balaban J connectivity index is 1.15. The zero-order valence-corrected chi connectivity index (χ0v) is 16.3.